The molecule has 0 N–H and O–H groups in total. The summed E-state index contributed by atoms with van der Waals surface area (Å²) in [5.74, 6) is -2.66. The summed E-state index contributed by atoms with van der Waals surface area (Å²) in [6.45, 7) is 12.3. The number of nitrogens with zero attached hydrogens (tertiary/aromatic N) is 4. The largest absolute Gasteiger partial charge is 0.509 e. The van der Waals surface area contributed by atoms with Crippen LogP contribution in [0.5, 0.6) is 0 Å². The molecule has 27 nitrogen and oxygen atoms in total. The van der Waals surface area contributed by atoms with Gasteiger partial charge < -0.3 is 94.4 Å². The fraction of sp³-hybridized carbons (Fsp3) is 0.550. The van der Waals surface area contributed by atoms with Gasteiger partial charge in [-0.25, -0.2) is 4.79 Å². The highest BCUT2D eigenvalue weighted by Gasteiger charge is 2.70. The van der Waals surface area contributed by atoms with Gasteiger partial charge in [-0.05, 0) is 121 Å². The molecule has 7 aromatic carbocycles. The Labute approximate surface area is 749 Å². The van der Waals surface area contributed by atoms with Crippen molar-refractivity contribution in [3.05, 3.63) is 261 Å². The number of benzene rings is 7. The summed E-state index contributed by atoms with van der Waals surface area (Å²) in [6.07, 6.45) is -14.1. The number of imide groups is 1. The molecule has 25 atom stereocenters. The fourth-order valence-electron chi connectivity index (χ4n) is 20.7. The fourth-order valence-corrected chi connectivity index (χ4v) is 21.8. The van der Waals surface area contributed by atoms with Crippen LogP contribution in [0.4, 0.5) is 4.79 Å². The number of rotatable bonds is 31. The minimum absolute atomic E-state index is 0.0113. The maximum Gasteiger partial charge on any atom is 0.509 e. The zero-order chi connectivity index (χ0) is 87.9. The first-order chi connectivity index (χ1) is 62.4. The van der Waals surface area contributed by atoms with Crippen molar-refractivity contribution in [3.63, 3.8) is 0 Å². The van der Waals surface area contributed by atoms with Crippen molar-refractivity contribution in [3.8, 4) is 0 Å². The summed E-state index contributed by atoms with van der Waals surface area (Å²) in [4.78, 5) is 51.0. The molecule has 2 spiro atoms. The van der Waals surface area contributed by atoms with E-state index in [9.17, 15) is 5.53 Å². The molecule has 18 rings (SSSR count). The van der Waals surface area contributed by atoms with Crippen LogP contribution in [0.15, 0.2) is 211 Å². The second kappa shape index (κ2) is 40.9. The van der Waals surface area contributed by atoms with E-state index in [2.05, 4.69) is 45.3 Å². The second-order valence-corrected chi connectivity index (χ2v) is 41.8. The van der Waals surface area contributed by atoms with E-state index in [4.69, 9.17) is 99.5 Å². The van der Waals surface area contributed by atoms with E-state index in [-0.39, 0.29) is 69.2 Å². The quantitative estimate of drug-likeness (QED) is 0.00974. The lowest BCUT2D eigenvalue weighted by atomic mass is 9.75. The maximum atomic E-state index is 15.4. The summed E-state index contributed by atoms with van der Waals surface area (Å²) in [5.41, 5.74) is 16.6. The Morgan fingerprint density at radius 1 is 0.484 bits per heavy atom. The van der Waals surface area contributed by atoms with Crippen LogP contribution in [0, 0.1) is 17.8 Å². The van der Waals surface area contributed by atoms with Crippen LogP contribution in [-0.2, 0) is 127 Å². The lowest BCUT2D eigenvalue weighted by Crippen LogP contribution is -2.69. The number of carbonyl (C=O) groups is 3. The van der Waals surface area contributed by atoms with Crippen LogP contribution in [0.2, 0.25) is 19.6 Å². The first-order valence-corrected chi connectivity index (χ1v) is 49.5. The molecule has 4 aliphatic carbocycles. The predicted molar refractivity (Wildman–Crippen MR) is 467 cm³/mol. The zero-order valence-corrected chi connectivity index (χ0v) is 74.7. The van der Waals surface area contributed by atoms with E-state index in [0.717, 1.165) is 84.7 Å². The Morgan fingerprint density at radius 2 is 0.961 bits per heavy atom. The van der Waals surface area contributed by atoms with Crippen molar-refractivity contribution >= 4 is 26.3 Å². The molecule has 7 aliphatic heterocycles. The molecule has 11 aliphatic rings. The summed E-state index contributed by atoms with van der Waals surface area (Å²) in [6, 6.07) is 61.9. The third-order valence-corrected chi connectivity index (χ3v) is 27.9. The van der Waals surface area contributed by atoms with Crippen LogP contribution in [0.25, 0.3) is 10.4 Å². The molecular weight excluding hydrogens is 1650 g/mol. The third kappa shape index (κ3) is 20.5. The van der Waals surface area contributed by atoms with Gasteiger partial charge in [-0.1, -0.05) is 239 Å². The van der Waals surface area contributed by atoms with Gasteiger partial charge in [-0.3, -0.25) is 14.5 Å². The van der Waals surface area contributed by atoms with Gasteiger partial charge in [0.05, 0.1) is 64.0 Å². The average molecular weight is 1770 g/mol. The normalized spacial score (nSPS) is 33.6. The lowest BCUT2D eigenvalue weighted by Gasteiger charge is -2.52. The van der Waals surface area contributed by atoms with Gasteiger partial charge in [0.15, 0.2) is 51.2 Å². The monoisotopic (exact) mass is 1770 g/mol. The van der Waals surface area contributed by atoms with E-state index >= 15 is 14.4 Å². The minimum atomic E-state index is -2.82. The van der Waals surface area contributed by atoms with Gasteiger partial charge in [0.1, 0.15) is 110 Å². The molecular formula is C100H120N4O23Si. The van der Waals surface area contributed by atoms with Crippen LogP contribution < -0.4 is 0 Å². The Bertz CT molecular complexity index is 4790. The third-order valence-electron chi connectivity index (χ3n) is 26.9. The number of hydrogen-bond donors (Lipinski definition) is 0. The number of amides is 2. The molecule has 28 heteroatoms. The van der Waals surface area contributed by atoms with Crippen molar-refractivity contribution in [2.24, 2.45) is 22.9 Å². The van der Waals surface area contributed by atoms with E-state index in [1.807, 2.05) is 182 Å². The first kappa shape index (κ1) is 90.3. The summed E-state index contributed by atoms with van der Waals surface area (Å²) >= 11 is 0. The van der Waals surface area contributed by atoms with Crippen molar-refractivity contribution in [1.29, 1.82) is 0 Å². The van der Waals surface area contributed by atoms with Crippen molar-refractivity contribution in [1.82, 2.24) is 4.90 Å². The molecule has 0 bridgehead atoms. The highest BCUT2D eigenvalue weighted by molar-refractivity contribution is 6.69. The summed E-state index contributed by atoms with van der Waals surface area (Å²) in [7, 11) is -2.82. The Morgan fingerprint density at radius 3 is 1.50 bits per heavy atom. The van der Waals surface area contributed by atoms with Gasteiger partial charge >= 0.3 is 6.16 Å². The summed E-state index contributed by atoms with van der Waals surface area (Å²) < 4.78 is 146. The molecule has 682 valence electrons. The number of ether oxygens (including phenoxy) is 19. The van der Waals surface area contributed by atoms with E-state index in [1.54, 1.807) is 24.3 Å². The predicted octanol–water partition coefficient (Wildman–Crippen LogP) is 17.1. The molecule has 4 saturated carbocycles. The van der Waals surface area contributed by atoms with Crippen molar-refractivity contribution < 1.29 is 109 Å². The van der Waals surface area contributed by atoms with Crippen molar-refractivity contribution in [2.75, 3.05) is 19.8 Å². The molecule has 10 fully saturated rings. The minimum Gasteiger partial charge on any atom is -0.431 e. The molecule has 0 aromatic heterocycles. The topological polar surface area (TPSA) is 288 Å². The smallest absolute Gasteiger partial charge is 0.431 e. The first-order valence-electron chi connectivity index (χ1n) is 46.1. The van der Waals surface area contributed by atoms with Crippen LogP contribution >= 0.6 is 0 Å². The number of hydrogen-bond acceptors (Lipinski definition) is 24. The Hall–Kier alpha value is -8.24. The number of azide groups is 1. The van der Waals surface area contributed by atoms with Gasteiger partial charge in [0, 0.05) is 36.2 Å². The number of carbonyl (C=O) groups excluding carboxylic acids is 3. The van der Waals surface area contributed by atoms with Crippen LogP contribution in [-0.4, -0.2) is 197 Å². The second-order valence-electron chi connectivity index (χ2n) is 37.4. The average Bonchev–Trinajstić information content (AvgIpc) is 1.52. The standard InChI is InChI=1S/C100H120N4O23Si/c1-62(2)70-48-47-63(3)53-73(70)118-98(107)122-85-84(86-88(125-99(123-86)49-29-13-30-50-99)89-87(85)124-100(126-89)51-31-14-32-52-100)121-95-77(102-103-101)82(110-56-66-37-19-9-20-38-66)80(74(115-95)59-108-54-64-33-15-7-16-34-64)120-97-91(112-58-68-41-23-11-24-42-68)90(127-128(4,5)6)79(109-55-65-35-17-8-18-36-65)75(117-97)60-114-96-78(104-92(105)71-45-27-28-46-72(71)93(104)106)83(111-57-67-39-21-10-22-40-67)81-76(116-96)61-113-94(119-81)69-43-25-12-26-44-69/h7-12,15-28,33-46,62-63,70,73-91,94-97H,13-14,29-32,47-61H2,1-6H3/t63-,70+,73-,74-,75-,76-,77-,78-,79-,80-,81-,82-,83-,84+,85+,86-,87+,88+,89+,90+,91+,94-,95-,96-,97-/m1/s1. The summed E-state index contributed by atoms with van der Waals surface area (Å²) in [5, 5.41) is 4.70. The van der Waals surface area contributed by atoms with E-state index < -0.39 is 185 Å². The molecule has 128 heavy (non-hydrogen) atoms. The maximum absolute atomic E-state index is 15.4. The Kier molecular flexibility index (Phi) is 28.8. The van der Waals surface area contributed by atoms with Gasteiger partial charge in [0.25, 0.3) is 11.8 Å². The SMILES string of the molecule is CC(C)[C@@H]1CC[C@@H](C)C[C@H]1OC(=O)O[C@H]1[C@H](O[C@H]2O[C@H](COCc3ccccc3)[C@@H](O[C@H]3O[C@H](CO[C@@H]4O[C@@H]5CO[C@@H](c6ccccc6)O[C@H]5[C@H](OCc5ccccc5)[C@H]4N4C(=O)c5ccccc5C4=O)[C@@H](OCc4ccccc4)[C@H](O[Si](C)(C)C)[C@@H]3OCc3ccccc3)[C@H](OCc3ccccc3)[C@H]2N=[N+]=[N-])[C@H]2OC3(CCCCC3)O[C@@H]2[C@H]2OC3(CCCCC3)O[C@@H]12. The molecule has 6 saturated heterocycles. The Balaban J connectivity index is 0.749. The molecule has 2 amide bonds. The van der Waals surface area contributed by atoms with Crippen LogP contribution in [0.1, 0.15) is 165 Å². The van der Waals surface area contributed by atoms with Gasteiger partial charge in [-0.15, -0.1) is 0 Å². The molecule has 0 unspecified atom stereocenters. The van der Waals surface area contributed by atoms with Gasteiger partial charge in [0.2, 0.25) is 0 Å². The molecule has 7 heterocycles. The number of fused-ring (bicyclic) bond motifs is 5. The highest BCUT2D eigenvalue weighted by atomic mass is 28.4. The van der Waals surface area contributed by atoms with E-state index in [0.29, 0.717) is 38.0 Å². The van der Waals surface area contributed by atoms with E-state index in [1.165, 1.54) is 4.90 Å². The zero-order valence-electron chi connectivity index (χ0n) is 73.7. The van der Waals surface area contributed by atoms with Gasteiger partial charge in [-0.2, -0.15) is 0 Å². The van der Waals surface area contributed by atoms with Crippen molar-refractivity contribution in [2.45, 2.75) is 310 Å². The highest BCUT2D eigenvalue weighted by Crippen LogP contribution is 2.54. The lowest BCUT2D eigenvalue weighted by molar-refractivity contribution is -0.375. The molecule has 7 aromatic rings. The van der Waals surface area contributed by atoms with Crippen LogP contribution in [0.3, 0.4) is 0 Å². The molecule has 0 radical (unpaired) electrons.